The molecule has 3 aromatic heterocycles. The second-order valence-electron chi connectivity index (χ2n) is 6.17. The number of H-pyrrole nitrogens is 1. The minimum atomic E-state index is -0.693. The predicted molar refractivity (Wildman–Crippen MR) is 108 cm³/mol. The number of nitrogens with one attached hydrogen (secondary N) is 2. The third-order valence-electron chi connectivity index (χ3n) is 4.23. The number of fused-ring (bicyclic) bond motifs is 1. The van der Waals surface area contributed by atoms with Crippen molar-refractivity contribution in [3.05, 3.63) is 70.4 Å². The van der Waals surface area contributed by atoms with Gasteiger partial charge >= 0.3 is 5.69 Å². The minimum absolute atomic E-state index is 0. The van der Waals surface area contributed by atoms with Crippen LogP contribution in [-0.2, 0) is 0 Å². The van der Waals surface area contributed by atoms with Gasteiger partial charge in [-0.1, -0.05) is 6.07 Å². The molecule has 4 aromatic rings. The van der Waals surface area contributed by atoms with Crippen LogP contribution in [0.4, 0.5) is 20.4 Å². The molecule has 8 nitrogen and oxygen atoms in total. The Morgan fingerprint density at radius 1 is 1.32 bits per heavy atom. The molecule has 0 saturated carbocycles. The average molecular weight is 391 g/mol. The van der Waals surface area contributed by atoms with E-state index in [1.807, 2.05) is 0 Å². The molecule has 0 bridgehead atoms. The van der Waals surface area contributed by atoms with Crippen LogP contribution in [0.3, 0.4) is 0 Å². The van der Waals surface area contributed by atoms with Crippen LogP contribution in [0.25, 0.3) is 16.9 Å². The fraction of sp³-hybridized carbons (Fsp3) is 0.111. The first-order chi connectivity index (χ1) is 13.4. The van der Waals surface area contributed by atoms with Gasteiger partial charge in [0.05, 0.1) is 17.3 Å². The van der Waals surface area contributed by atoms with Crippen LogP contribution in [0, 0.1) is 11.6 Å². The molecule has 0 aliphatic rings. The molecular formula is C18H23F2N7O. The summed E-state index contributed by atoms with van der Waals surface area (Å²) in [7, 11) is 0. The summed E-state index contributed by atoms with van der Waals surface area (Å²) in [6, 6.07) is 5.99. The highest BCUT2D eigenvalue weighted by molar-refractivity contribution is 5.84. The second-order valence-corrected chi connectivity index (χ2v) is 6.17. The van der Waals surface area contributed by atoms with E-state index in [2.05, 4.69) is 25.4 Å². The van der Waals surface area contributed by atoms with Crippen LogP contribution in [0.5, 0.6) is 0 Å². The van der Waals surface area contributed by atoms with Gasteiger partial charge in [-0.15, -0.1) is 5.10 Å². The summed E-state index contributed by atoms with van der Waals surface area (Å²) in [5.41, 5.74) is 6.88. The smallest absolute Gasteiger partial charge is 0.347 e. The van der Waals surface area contributed by atoms with Crippen molar-refractivity contribution < 1.29 is 14.5 Å². The number of hydrogen-bond acceptors (Lipinski definition) is 6. The van der Waals surface area contributed by atoms with Crippen LogP contribution >= 0.6 is 0 Å². The van der Waals surface area contributed by atoms with E-state index in [9.17, 15) is 13.6 Å². The molecule has 10 heteroatoms. The molecule has 150 valence electrons. The van der Waals surface area contributed by atoms with Crippen LogP contribution in [-0.4, -0.2) is 24.6 Å². The van der Waals surface area contributed by atoms with Crippen LogP contribution < -0.4 is 16.7 Å². The van der Waals surface area contributed by atoms with Gasteiger partial charge < -0.3 is 16.0 Å². The average Bonchev–Trinajstić information content (AvgIpc) is 2.96. The summed E-state index contributed by atoms with van der Waals surface area (Å²) in [5, 5.41) is 7.11. The van der Waals surface area contributed by atoms with Gasteiger partial charge in [0.15, 0.2) is 11.5 Å². The van der Waals surface area contributed by atoms with E-state index in [1.54, 1.807) is 31.5 Å². The van der Waals surface area contributed by atoms with Gasteiger partial charge in [0.2, 0.25) is 0 Å². The fourth-order valence-corrected chi connectivity index (χ4v) is 2.98. The number of nitrogens with zero attached hydrogens (tertiary/aromatic N) is 4. The number of halogens is 2. The van der Waals surface area contributed by atoms with E-state index in [-0.39, 0.29) is 22.9 Å². The van der Waals surface area contributed by atoms with Gasteiger partial charge in [0.1, 0.15) is 17.5 Å². The minimum Gasteiger partial charge on any atom is -0.382 e. The quantitative estimate of drug-likeness (QED) is 0.491. The van der Waals surface area contributed by atoms with Crippen LogP contribution in [0.1, 0.15) is 24.2 Å². The molecule has 1 aromatic carbocycles. The molecule has 0 saturated heterocycles. The van der Waals surface area contributed by atoms with E-state index in [4.69, 9.17) is 5.73 Å². The number of anilines is 2. The Morgan fingerprint density at radius 3 is 2.93 bits per heavy atom. The third-order valence-corrected chi connectivity index (χ3v) is 4.23. The van der Waals surface area contributed by atoms with Crippen molar-refractivity contribution in [3.8, 4) is 11.3 Å². The van der Waals surface area contributed by atoms with Crippen LogP contribution in [0.15, 0.2) is 47.5 Å². The normalized spacial score (nSPS) is 12.2. The molecule has 0 radical (unpaired) electrons. The Labute approximate surface area is 163 Å². The number of aromatic nitrogens is 5. The molecule has 4 N–H and O–H groups in total. The molecule has 3 heterocycles. The van der Waals surface area contributed by atoms with Crippen molar-refractivity contribution >= 4 is 17.3 Å². The Kier molecular flexibility index (Phi) is 4.22. The molecule has 1 atom stereocenters. The molecule has 4 rings (SSSR count). The predicted octanol–water partition coefficient (Wildman–Crippen LogP) is 3.50. The molecule has 0 amide bonds. The van der Waals surface area contributed by atoms with E-state index < -0.39 is 23.4 Å². The number of rotatable bonds is 4. The monoisotopic (exact) mass is 391 g/mol. The highest BCUT2D eigenvalue weighted by Crippen LogP contribution is 2.28. The molecule has 0 spiro atoms. The maximum Gasteiger partial charge on any atom is 0.347 e. The fourth-order valence-electron chi connectivity index (χ4n) is 2.98. The SMILES string of the molecule is C[C@H](Nc1cc(-c2c(N)nn3cccnc23)[nH]c(=O)n1)c1ccc(F)cc1F.[HH].[HH].[HH].[HH]. The van der Waals surface area contributed by atoms with Gasteiger partial charge in [-0.25, -0.2) is 23.1 Å². The molecule has 0 unspecified atom stereocenters. The lowest BCUT2D eigenvalue weighted by molar-refractivity contribution is 0.566. The molecular weight excluding hydrogens is 368 g/mol. The molecule has 0 fully saturated rings. The van der Waals surface area contributed by atoms with Crippen molar-refractivity contribution in [2.24, 2.45) is 0 Å². The van der Waals surface area contributed by atoms with Gasteiger partial charge in [0.25, 0.3) is 0 Å². The molecule has 0 aliphatic carbocycles. The zero-order chi connectivity index (χ0) is 19.8. The summed E-state index contributed by atoms with van der Waals surface area (Å²) in [4.78, 5) is 22.8. The standard InChI is InChI=1S/C18H15F2N7O.4H2/c1-9(11-4-3-10(19)7-12(11)20)23-14-8-13(24-18(28)25-14)15-16(21)26-27-6-2-5-22-17(15)27;;;;/h2-9H,1H3,(H2,21,26)(H2,23,24,25,28);4*1H/t9-;;;;/m0..../s1. The van der Waals surface area contributed by atoms with Gasteiger partial charge in [-0.3, -0.25) is 0 Å². The summed E-state index contributed by atoms with van der Waals surface area (Å²) < 4.78 is 28.6. The lowest BCUT2D eigenvalue weighted by Crippen LogP contribution is -2.17. The summed E-state index contributed by atoms with van der Waals surface area (Å²) in [5.74, 6) is -0.976. The van der Waals surface area contributed by atoms with E-state index >= 15 is 0 Å². The van der Waals surface area contributed by atoms with E-state index in [0.29, 0.717) is 16.9 Å². The van der Waals surface area contributed by atoms with E-state index in [1.165, 1.54) is 16.6 Å². The van der Waals surface area contributed by atoms with Crippen molar-refractivity contribution in [1.29, 1.82) is 0 Å². The lowest BCUT2D eigenvalue weighted by atomic mass is 10.1. The number of hydrogen-bond donors (Lipinski definition) is 3. The number of aromatic amines is 1. The Bertz CT molecular complexity index is 1250. The Balaban J connectivity index is 0.00000240. The molecule has 28 heavy (non-hydrogen) atoms. The second kappa shape index (κ2) is 6.72. The van der Waals surface area contributed by atoms with Crippen molar-refractivity contribution in [1.82, 2.24) is 24.6 Å². The Morgan fingerprint density at radius 2 is 2.14 bits per heavy atom. The zero-order valence-corrected chi connectivity index (χ0v) is 14.6. The summed E-state index contributed by atoms with van der Waals surface area (Å²) in [6.45, 7) is 1.67. The highest BCUT2D eigenvalue weighted by atomic mass is 19.1. The summed E-state index contributed by atoms with van der Waals surface area (Å²) in [6.07, 6.45) is 3.26. The van der Waals surface area contributed by atoms with Crippen LogP contribution in [0.2, 0.25) is 0 Å². The summed E-state index contributed by atoms with van der Waals surface area (Å²) >= 11 is 0. The Hall–Kier alpha value is -3.82. The van der Waals surface area contributed by atoms with Gasteiger partial charge in [-0.2, -0.15) is 4.98 Å². The number of benzene rings is 1. The molecule has 0 aliphatic heterocycles. The van der Waals surface area contributed by atoms with E-state index in [0.717, 1.165) is 6.07 Å². The first kappa shape index (κ1) is 17.6. The van der Waals surface area contributed by atoms with Gasteiger partial charge in [-0.05, 0) is 19.1 Å². The maximum absolute atomic E-state index is 14.0. The van der Waals surface area contributed by atoms with Gasteiger partial charge in [0, 0.05) is 35.8 Å². The maximum atomic E-state index is 14.0. The zero-order valence-electron chi connectivity index (χ0n) is 14.6. The largest absolute Gasteiger partial charge is 0.382 e. The highest BCUT2D eigenvalue weighted by Gasteiger charge is 2.17. The number of nitrogens with two attached hydrogens (primary N) is 1. The number of nitrogen functional groups attached to an aromatic ring is 1. The van der Waals surface area contributed by atoms with Crippen molar-refractivity contribution in [3.63, 3.8) is 0 Å². The topological polar surface area (TPSA) is 114 Å². The lowest BCUT2D eigenvalue weighted by Gasteiger charge is -2.16. The first-order valence-electron chi connectivity index (χ1n) is 8.34. The van der Waals surface area contributed by atoms with Crippen molar-refractivity contribution in [2.75, 3.05) is 11.1 Å². The third kappa shape index (κ3) is 3.15. The van der Waals surface area contributed by atoms with Crippen molar-refractivity contribution in [2.45, 2.75) is 13.0 Å². The first-order valence-corrected chi connectivity index (χ1v) is 8.34.